The normalized spacial score (nSPS) is 10.7. The number of primary amides is 1. The van der Waals surface area contributed by atoms with E-state index in [4.69, 9.17) is 10.5 Å². The van der Waals surface area contributed by atoms with E-state index < -0.39 is 11.7 Å². The van der Waals surface area contributed by atoms with Gasteiger partial charge in [0, 0.05) is 17.8 Å². The van der Waals surface area contributed by atoms with Crippen LogP contribution in [0.1, 0.15) is 10.4 Å². The molecule has 134 valence electrons. The third kappa shape index (κ3) is 3.40. The largest absolute Gasteiger partial charge is 0.452 e. The Labute approximate surface area is 153 Å². The predicted octanol–water partition coefficient (Wildman–Crippen LogP) is 3.50. The molecular weight excluding hydrogens is 349 g/mol. The molecule has 0 fully saturated rings. The Morgan fingerprint density at radius 2 is 2.00 bits per heavy atom. The van der Waals surface area contributed by atoms with Crippen LogP contribution >= 0.6 is 0 Å². The van der Waals surface area contributed by atoms with Crippen molar-refractivity contribution in [2.24, 2.45) is 5.73 Å². The minimum Gasteiger partial charge on any atom is -0.452 e. The van der Waals surface area contributed by atoms with Crippen molar-refractivity contribution in [2.45, 2.75) is 0 Å². The fourth-order valence-corrected chi connectivity index (χ4v) is 2.59. The van der Waals surface area contributed by atoms with Gasteiger partial charge in [-0.15, -0.1) is 0 Å². The summed E-state index contributed by atoms with van der Waals surface area (Å²) in [4.78, 5) is 15.4. The highest BCUT2D eigenvalue weighted by Gasteiger charge is 2.13. The third-order valence-corrected chi connectivity index (χ3v) is 3.84. The number of carbonyl (C=O) groups is 1. The molecule has 7 nitrogen and oxygen atoms in total. The van der Waals surface area contributed by atoms with Crippen LogP contribution < -0.4 is 15.8 Å². The number of pyridine rings is 2. The second-order valence-electron chi connectivity index (χ2n) is 5.71. The van der Waals surface area contributed by atoms with Gasteiger partial charge in [-0.2, -0.15) is 5.10 Å². The summed E-state index contributed by atoms with van der Waals surface area (Å²) in [6, 6.07) is 12.8. The van der Waals surface area contributed by atoms with Crippen molar-refractivity contribution < 1.29 is 13.9 Å². The molecule has 3 aromatic heterocycles. The summed E-state index contributed by atoms with van der Waals surface area (Å²) in [5.74, 6) is -0.392. The van der Waals surface area contributed by atoms with E-state index >= 15 is 0 Å². The molecule has 0 spiro atoms. The smallest absolute Gasteiger partial charge is 0.248 e. The van der Waals surface area contributed by atoms with Crippen molar-refractivity contribution >= 4 is 22.9 Å². The maximum absolute atomic E-state index is 14.3. The van der Waals surface area contributed by atoms with E-state index in [9.17, 15) is 9.18 Å². The molecule has 1 aromatic carbocycles. The van der Waals surface area contributed by atoms with Gasteiger partial charge in [0.2, 0.25) is 5.91 Å². The van der Waals surface area contributed by atoms with Crippen LogP contribution in [0.2, 0.25) is 0 Å². The molecule has 0 atom stereocenters. The fraction of sp³-hybridized carbons (Fsp3) is 0. The lowest BCUT2D eigenvalue weighted by atomic mass is 10.2. The summed E-state index contributed by atoms with van der Waals surface area (Å²) in [6.07, 6.45) is 5.05. The topological polar surface area (TPSA) is 94.5 Å². The second-order valence-corrected chi connectivity index (χ2v) is 5.71. The Morgan fingerprint density at radius 3 is 2.74 bits per heavy atom. The van der Waals surface area contributed by atoms with E-state index in [1.165, 1.54) is 12.1 Å². The molecular formula is C19H14FN5O2. The minimum absolute atomic E-state index is 0.0295. The number of nitrogens with one attached hydrogen (secondary N) is 1. The first-order valence-electron chi connectivity index (χ1n) is 8.03. The summed E-state index contributed by atoms with van der Waals surface area (Å²) in [5.41, 5.74) is 6.55. The highest BCUT2D eigenvalue weighted by Crippen LogP contribution is 2.31. The first-order chi connectivity index (χ1) is 13.1. The number of hydrogen-bond acceptors (Lipinski definition) is 5. The SMILES string of the molecule is NC(=O)c1ccc(Oc2cc(Nc3ccccn3)cn3nccc23)c(F)c1. The Hall–Kier alpha value is -3.94. The number of rotatable bonds is 5. The number of anilines is 2. The number of amides is 1. The number of nitrogens with zero attached hydrogens (tertiary/aromatic N) is 3. The standard InChI is InChI=1S/C19H14FN5O2/c20-14-9-12(19(21)26)4-5-16(14)27-17-10-13(11-25-15(17)6-8-23-25)24-18-3-1-2-7-22-18/h1-11H,(H2,21,26)(H,22,24). The predicted molar refractivity (Wildman–Crippen MR) is 97.7 cm³/mol. The first kappa shape index (κ1) is 16.5. The zero-order chi connectivity index (χ0) is 18.8. The highest BCUT2D eigenvalue weighted by atomic mass is 19.1. The Kier molecular flexibility index (Phi) is 4.13. The number of ether oxygens (including phenoxy) is 1. The van der Waals surface area contributed by atoms with Gasteiger partial charge in [-0.1, -0.05) is 6.07 Å². The molecule has 0 saturated carbocycles. The highest BCUT2D eigenvalue weighted by molar-refractivity contribution is 5.92. The summed E-state index contributed by atoms with van der Waals surface area (Å²) in [7, 11) is 0. The van der Waals surface area contributed by atoms with Crippen LogP contribution in [0.5, 0.6) is 11.5 Å². The minimum atomic E-state index is -0.708. The van der Waals surface area contributed by atoms with Gasteiger partial charge in [0.1, 0.15) is 11.3 Å². The van der Waals surface area contributed by atoms with E-state index in [-0.39, 0.29) is 11.3 Å². The lowest BCUT2D eigenvalue weighted by Gasteiger charge is -2.12. The molecule has 0 unspecified atom stereocenters. The monoisotopic (exact) mass is 363 g/mol. The maximum Gasteiger partial charge on any atom is 0.248 e. The van der Waals surface area contributed by atoms with E-state index in [1.54, 1.807) is 35.2 Å². The molecule has 3 N–H and O–H groups in total. The van der Waals surface area contributed by atoms with Crippen molar-refractivity contribution in [1.29, 1.82) is 0 Å². The van der Waals surface area contributed by atoms with Crippen LogP contribution in [-0.4, -0.2) is 20.5 Å². The van der Waals surface area contributed by atoms with Gasteiger partial charge in [0.25, 0.3) is 0 Å². The van der Waals surface area contributed by atoms with Crippen LogP contribution in [0.25, 0.3) is 5.52 Å². The van der Waals surface area contributed by atoms with Crippen molar-refractivity contribution in [2.75, 3.05) is 5.32 Å². The molecule has 4 aromatic rings. The van der Waals surface area contributed by atoms with Crippen LogP contribution in [0, 0.1) is 5.82 Å². The zero-order valence-corrected chi connectivity index (χ0v) is 14.0. The number of carbonyl (C=O) groups excluding carboxylic acids is 1. The van der Waals surface area contributed by atoms with Crippen LogP contribution in [0.3, 0.4) is 0 Å². The number of benzene rings is 1. The van der Waals surface area contributed by atoms with Crippen molar-refractivity contribution in [3.8, 4) is 11.5 Å². The fourth-order valence-electron chi connectivity index (χ4n) is 2.59. The average Bonchev–Trinajstić information content (AvgIpc) is 3.13. The third-order valence-electron chi connectivity index (χ3n) is 3.84. The van der Waals surface area contributed by atoms with E-state index in [0.29, 0.717) is 22.8 Å². The molecule has 0 aliphatic carbocycles. The summed E-state index contributed by atoms with van der Waals surface area (Å²) < 4.78 is 21.6. The van der Waals surface area contributed by atoms with Gasteiger partial charge in [-0.3, -0.25) is 4.79 Å². The molecule has 8 heteroatoms. The molecule has 0 aliphatic heterocycles. The van der Waals surface area contributed by atoms with Crippen molar-refractivity contribution in [1.82, 2.24) is 14.6 Å². The average molecular weight is 363 g/mol. The van der Waals surface area contributed by atoms with Gasteiger partial charge >= 0.3 is 0 Å². The van der Waals surface area contributed by atoms with E-state index in [0.717, 1.165) is 6.07 Å². The molecule has 0 radical (unpaired) electrons. The Balaban J connectivity index is 1.70. The van der Waals surface area contributed by atoms with Crippen molar-refractivity contribution in [3.05, 3.63) is 78.5 Å². The van der Waals surface area contributed by atoms with Gasteiger partial charge in [0.15, 0.2) is 17.3 Å². The van der Waals surface area contributed by atoms with Gasteiger partial charge < -0.3 is 15.8 Å². The number of halogens is 1. The Bertz CT molecular complexity index is 1130. The van der Waals surface area contributed by atoms with Crippen LogP contribution in [-0.2, 0) is 0 Å². The Morgan fingerprint density at radius 1 is 1.11 bits per heavy atom. The van der Waals surface area contributed by atoms with Gasteiger partial charge in [-0.05, 0) is 36.4 Å². The number of nitrogens with two attached hydrogens (primary N) is 1. The molecule has 0 saturated heterocycles. The first-order valence-corrected chi connectivity index (χ1v) is 8.03. The van der Waals surface area contributed by atoms with Crippen molar-refractivity contribution in [3.63, 3.8) is 0 Å². The summed E-state index contributed by atoms with van der Waals surface area (Å²) in [5, 5.41) is 7.35. The molecule has 3 heterocycles. The zero-order valence-electron chi connectivity index (χ0n) is 14.0. The van der Waals surface area contributed by atoms with Crippen LogP contribution in [0.4, 0.5) is 15.9 Å². The number of hydrogen-bond donors (Lipinski definition) is 2. The van der Waals surface area contributed by atoms with Gasteiger partial charge in [-0.25, -0.2) is 13.9 Å². The quantitative estimate of drug-likeness (QED) is 0.566. The lowest BCUT2D eigenvalue weighted by Crippen LogP contribution is -2.11. The molecule has 0 aliphatic rings. The summed E-state index contributed by atoms with van der Waals surface area (Å²) >= 11 is 0. The maximum atomic E-state index is 14.3. The van der Waals surface area contributed by atoms with E-state index in [2.05, 4.69) is 15.4 Å². The van der Waals surface area contributed by atoms with E-state index in [1.807, 2.05) is 18.2 Å². The number of fused-ring (bicyclic) bond motifs is 1. The van der Waals surface area contributed by atoms with Crippen LogP contribution in [0.15, 0.2) is 67.1 Å². The second kappa shape index (κ2) is 6.75. The molecule has 4 rings (SSSR count). The molecule has 27 heavy (non-hydrogen) atoms. The number of aromatic nitrogens is 3. The lowest BCUT2D eigenvalue weighted by molar-refractivity contribution is 0.1000. The summed E-state index contributed by atoms with van der Waals surface area (Å²) in [6.45, 7) is 0. The van der Waals surface area contributed by atoms with Gasteiger partial charge in [0.05, 0.1) is 18.1 Å². The molecule has 1 amide bonds. The molecule has 0 bridgehead atoms.